The van der Waals surface area contributed by atoms with Gasteiger partial charge in [0, 0.05) is 38.2 Å². The molecular formula is C20H30N2O2. The number of hydrogen-bond acceptors (Lipinski definition) is 2. The summed E-state index contributed by atoms with van der Waals surface area (Å²) in [6.45, 7) is 7.13. The molecule has 1 unspecified atom stereocenters. The molecule has 132 valence electrons. The van der Waals surface area contributed by atoms with Gasteiger partial charge in [-0.1, -0.05) is 32.0 Å². The number of likely N-dealkylation sites (tertiary alicyclic amines) is 1. The van der Waals surface area contributed by atoms with Crippen molar-refractivity contribution in [3.05, 3.63) is 29.8 Å². The van der Waals surface area contributed by atoms with Crippen LogP contribution in [0.4, 0.5) is 5.69 Å². The first-order valence-electron chi connectivity index (χ1n) is 9.23. The van der Waals surface area contributed by atoms with Gasteiger partial charge in [-0.15, -0.1) is 0 Å². The highest BCUT2D eigenvalue weighted by Crippen LogP contribution is 2.23. The fraction of sp³-hybridized carbons (Fsp3) is 0.600. The minimum atomic E-state index is -0.00520. The van der Waals surface area contributed by atoms with Crippen LogP contribution in [0.2, 0.25) is 0 Å². The van der Waals surface area contributed by atoms with E-state index in [1.165, 1.54) is 6.42 Å². The van der Waals surface area contributed by atoms with Crippen molar-refractivity contribution in [3.8, 4) is 0 Å². The van der Waals surface area contributed by atoms with Crippen LogP contribution in [0.15, 0.2) is 24.3 Å². The largest absolute Gasteiger partial charge is 0.340 e. The molecular weight excluding hydrogens is 300 g/mol. The summed E-state index contributed by atoms with van der Waals surface area (Å²) in [6.07, 6.45) is 5.70. The number of nitrogens with zero attached hydrogens (tertiary/aromatic N) is 2. The predicted molar refractivity (Wildman–Crippen MR) is 98.1 cm³/mol. The zero-order chi connectivity index (χ0) is 17.5. The lowest BCUT2D eigenvalue weighted by Gasteiger charge is -2.36. The van der Waals surface area contributed by atoms with Crippen molar-refractivity contribution in [2.45, 2.75) is 65.3 Å². The number of aryl methyl sites for hydroxylation is 1. The van der Waals surface area contributed by atoms with Crippen LogP contribution >= 0.6 is 0 Å². The molecule has 1 aliphatic heterocycles. The Morgan fingerprint density at radius 3 is 2.62 bits per heavy atom. The molecule has 0 bridgehead atoms. The Kier molecular flexibility index (Phi) is 6.83. The van der Waals surface area contributed by atoms with Gasteiger partial charge in [-0.3, -0.25) is 9.59 Å². The molecule has 24 heavy (non-hydrogen) atoms. The fourth-order valence-electron chi connectivity index (χ4n) is 3.63. The Bertz CT molecular complexity index is 571. The number of amides is 2. The fourth-order valence-corrected chi connectivity index (χ4v) is 3.63. The lowest BCUT2D eigenvalue weighted by Crippen LogP contribution is -2.44. The summed E-state index contributed by atoms with van der Waals surface area (Å²) in [5.74, 6) is 0.177. The van der Waals surface area contributed by atoms with Gasteiger partial charge in [0.25, 0.3) is 0 Å². The molecule has 1 saturated heterocycles. The molecule has 0 saturated carbocycles. The number of rotatable bonds is 6. The molecule has 4 nitrogen and oxygen atoms in total. The van der Waals surface area contributed by atoms with Crippen molar-refractivity contribution >= 4 is 17.5 Å². The summed E-state index contributed by atoms with van der Waals surface area (Å²) in [7, 11) is 0. The van der Waals surface area contributed by atoms with E-state index in [1.807, 2.05) is 29.2 Å². The van der Waals surface area contributed by atoms with E-state index in [0.717, 1.165) is 43.5 Å². The molecule has 0 radical (unpaired) electrons. The van der Waals surface area contributed by atoms with Crippen LogP contribution in [-0.2, 0) is 16.0 Å². The Labute approximate surface area is 145 Å². The average molecular weight is 330 g/mol. The van der Waals surface area contributed by atoms with Crippen molar-refractivity contribution in [3.63, 3.8) is 0 Å². The molecule has 0 spiro atoms. The van der Waals surface area contributed by atoms with Gasteiger partial charge >= 0.3 is 0 Å². The summed E-state index contributed by atoms with van der Waals surface area (Å²) in [6, 6.07) is 8.33. The normalized spacial score (nSPS) is 17.6. The highest BCUT2D eigenvalue weighted by Gasteiger charge is 2.26. The summed E-state index contributed by atoms with van der Waals surface area (Å²) in [5, 5.41) is 0. The lowest BCUT2D eigenvalue weighted by molar-refractivity contribution is -0.134. The smallest absolute Gasteiger partial charge is 0.224 e. The monoisotopic (exact) mass is 330 g/mol. The van der Waals surface area contributed by atoms with Gasteiger partial charge in [0.15, 0.2) is 0 Å². The van der Waals surface area contributed by atoms with E-state index in [9.17, 15) is 9.59 Å². The van der Waals surface area contributed by atoms with Gasteiger partial charge < -0.3 is 9.80 Å². The Morgan fingerprint density at radius 2 is 1.96 bits per heavy atom. The van der Waals surface area contributed by atoms with E-state index < -0.39 is 0 Å². The zero-order valence-electron chi connectivity index (χ0n) is 15.3. The van der Waals surface area contributed by atoms with Crippen LogP contribution in [0.5, 0.6) is 0 Å². The molecule has 1 atom stereocenters. The van der Waals surface area contributed by atoms with Crippen LogP contribution in [0.3, 0.4) is 0 Å². The second kappa shape index (κ2) is 8.86. The number of anilines is 1. The number of piperidine rings is 1. The number of para-hydroxylation sites is 1. The van der Waals surface area contributed by atoms with E-state index in [4.69, 9.17) is 0 Å². The number of carbonyl (C=O) groups is 2. The first-order chi connectivity index (χ1) is 11.6. The number of carbonyl (C=O) groups excluding carboxylic acids is 2. The third-order valence-electron chi connectivity index (χ3n) is 5.01. The average Bonchev–Trinajstić information content (AvgIpc) is 2.61. The Morgan fingerprint density at radius 1 is 1.21 bits per heavy atom. The molecule has 1 aliphatic rings. The van der Waals surface area contributed by atoms with Gasteiger partial charge in [0.1, 0.15) is 0 Å². The van der Waals surface area contributed by atoms with Crippen molar-refractivity contribution in [1.82, 2.24) is 4.90 Å². The third-order valence-corrected chi connectivity index (χ3v) is 5.01. The van der Waals surface area contributed by atoms with Gasteiger partial charge in [0.2, 0.25) is 11.8 Å². The van der Waals surface area contributed by atoms with E-state index in [2.05, 4.69) is 13.8 Å². The van der Waals surface area contributed by atoms with E-state index in [1.54, 1.807) is 11.8 Å². The van der Waals surface area contributed by atoms with Crippen LogP contribution in [0, 0.1) is 0 Å². The van der Waals surface area contributed by atoms with Crippen molar-refractivity contribution in [1.29, 1.82) is 0 Å². The highest BCUT2D eigenvalue weighted by atomic mass is 16.2. The quantitative estimate of drug-likeness (QED) is 0.796. The van der Waals surface area contributed by atoms with E-state index in [-0.39, 0.29) is 11.8 Å². The molecule has 0 N–H and O–H groups in total. The summed E-state index contributed by atoms with van der Waals surface area (Å²) in [5.41, 5.74) is 2.08. The SMILES string of the molecule is CCc1ccccc1N(CCC(=O)N1CCCCC1CC)C(C)=O. The molecule has 1 heterocycles. The maximum atomic E-state index is 12.7. The molecule has 2 amide bonds. The van der Waals surface area contributed by atoms with Crippen molar-refractivity contribution in [2.75, 3.05) is 18.0 Å². The van der Waals surface area contributed by atoms with Crippen LogP contribution < -0.4 is 4.90 Å². The molecule has 1 aromatic carbocycles. The first-order valence-corrected chi connectivity index (χ1v) is 9.23. The second-order valence-electron chi connectivity index (χ2n) is 6.55. The standard InChI is InChI=1S/C20H30N2O2/c1-4-17-10-6-7-12-19(17)21(16(3)23)15-13-20(24)22-14-9-8-11-18(22)5-2/h6-7,10,12,18H,4-5,8-9,11,13-15H2,1-3H3. The van der Waals surface area contributed by atoms with E-state index >= 15 is 0 Å². The van der Waals surface area contributed by atoms with Crippen molar-refractivity contribution < 1.29 is 9.59 Å². The molecule has 0 aliphatic carbocycles. The zero-order valence-corrected chi connectivity index (χ0v) is 15.3. The summed E-state index contributed by atoms with van der Waals surface area (Å²) in [4.78, 5) is 28.6. The number of hydrogen-bond donors (Lipinski definition) is 0. The highest BCUT2D eigenvalue weighted by molar-refractivity contribution is 5.93. The van der Waals surface area contributed by atoms with Gasteiger partial charge in [-0.25, -0.2) is 0 Å². The first kappa shape index (κ1) is 18.5. The van der Waals surface area contributed by atoms with Gasteiger partial charge in [-0.2, -0.15) is 0 Å². The second-order valence-corrected chi connectivity index (χ2v) is 6.55. The molecule has 4 heteroatoms. The molecule has 0 aromatic heterocycles. The Balaban J connectivity index is 2.06. The topological polar surface area (TPSA) is 40.6 Å². The maximum absolute atomic E-state index is 12.7. The predicted octanol–water partition coefficient (Wildman–Crippen LogP) is 3.78. The van der Waals surface area contributed by atoms with E-state index in [0.29, 0.717) is 19.0 Å². The number of benzene rings is 1. The maximum Gasteiger partial charge on any atom is 0.224 e. The van der Waals surface area contributed by atoms with Gasteiger partial charge in [0.05, 0.1) is 0 Å². The molecule has 1 aromatic rings. The van der Waals surface area contributed by atoms with Crippen LogP contribution in [0.25, 0.3) is 0 Å². The lowest BCUT2D eigenvalue weighted by atomic mass is 9.99. The minimum Gasteiger partial charge on any atom is -0.340 e. The van der Waals surface area contributed by atoms with Crippen LogP contribution in [0.1, 0.15) is 58.4 Å². The Hall–Kier alpha value is -1.84. The summed E-state index contributed by atoms with van der Waals surface area (Å²) < 4.78 is 0. The van der Waals surface area contributed by atoms with Gasteiger partial charge in [-0.05, 0) is 43.7 Å². The molecule has 1 fully saturated rings. The minimum absolute atomic E-state index is 0.00520. The summed E-state index contributed by atoms with van der Waals surface area (Å²) >= 11 is 0. The van der Waals surface area contributed by atoms with Crippen molar-refractivity contribution in [2.24, 2.45) is 0 Å². The third kappa shape index (κ3) is 4.37. The van der Waals surface area contributed by atoms with Crippen LogP contribution in [-0.4, -0.2) is 35.8 Å². The molecule has 2 rings (SSSR count).